The Bertz CT molecular complexity index is 966. The molecule has 1 aliphatic carbocycles. The summed E-state index contributed by atoms with van der Waals surface area (Å²) >= 11 is 0. The molecule has 0 N–H and O–H groups in total. The summed E-state index contributed by atoms with van der Waals surface area (Å²) in [6, 6.07) is 13.9. The summed E-state index contributed by atoms with van der Waals surface area (Å²) in [4.78, 5) is 19.0. The minimum atomic E-state index is -0.276. The lowest BCUT2D eigenvalue weighted by molar-refractivity contribution is -0.132. The van der Waals surface area contributed by atoms with Gasteiger partial charge in [-0.25, -0.2) is 4.39 Å². The van der Waals surface area contributed by atoms with Crippen LogP contribution in [0.5, 0.6) is 5.75 Å². The molecular weight excluding hydrogens is 373 g/mol. The summed E-state index contributed by atoms with van der Waals surface area (Å²) in [5.74, 6) is 1.44. The quantitative estimate of drug-likeness (QED) is 0.577. The van der Waals surface area contributed by atoms with E-state index >= 15 is 0 Å². The lowest BCUT2D eigenvalue weighted by Crippen LogP contribution is -2.32. The normalized spacial score (nSPS) is 13.3. The smallest absolute Gasteiger partial charge is 0.227 e. The van der Waals surface area contributed by atoms with Gasteiger partial charge in [0.15, 0.2) is 0 Å². The lowest BCUT2D eigenvalue weighted by atomic mass is 10.2. The van der Waals surface area contributed by atoms with Crippen LogP contribution >= 0.6 is 0 Å². The zero-order valence-corrected chi connectivity index (χ0v) is 16.2. The van der Waals surface area contributed by atoms with E-state index in [4.69, 9.17) is 9.26 Å². The molecule has 1 fully saturated rings. The van der Waals surface area contributed by atoms with Crippen LogP contribution in [-0.4, -0.2) is 34.1 Å². The lowest BCUT2D eigenvalue weighted by Gasteiger charge is -2.22. The van der Waals surface area contributed by atoms with E-state index in [0.717, 1.165) is 29.7 Å². The first kappa shape index (κ1) is 19.1. The number of amides is 1. The maximum atomic E-state index is 13.1. The highest BCUT2D eigenvalue weighted by Gasteiger charge is 2.32. The number of nitrogens with zero attached hydrogens (tertiary/aromatic N) is 3. The largest absolute Gasteiger partial charge is 0.497 e. The van der Waals surface area contributed by atoms with Gasteiger partial charge in [0.05, 0.1) is 7.11 Å². The Morgan fingerprint density at radius 3 is 2.55 bits per heavy atom. The summed E-state index contributed by atoms with van der Waals surface area (Å²) in [6.07, 6.45) is 2.70. The van der Waals surface area contributed by atoms with Crippen molar-refractivity contribution in [3.05, 3.63) is 65.8 Å². The number of aromatic nitrogens is 2. The van der Waals surface area contributed by atoms with Crippen LogP contribution in [0.4, 0.5) is 4.39 Å². The Morgan fingerprint density at radius 2 is 1.90 bits per heavy atom. The van der Waals surface area contributed by atoms with Gasteiger partial charge in [0.2, 0.25) is 17.6 Å². The molecule has 29 heavy (non-hydrogen) atoms. The van der Waals surface area contributed by atoms with E-state index < -0.39 is 0 Å². The van der Waals surface area contributed by atoms with Crippen molar-refractivity contribution in [3.63, 3.8) is 0 Å². The van der Waals surface area contributed by atoms with Crippen LogP contribution < -0.4 is 4.74 Å². The predicted molar refractivity (Wildman–Crippen MR) is 105 cm³/mol. The van der Waals surface area contributed by atoms with Crippen molar-refractivity contribution in [2.75, 3.05) is 7.11 Å². The van der Waals surface area contributed by atoms with E-state index in [-0.39, 0.29) is 17.8 Å². The van der Waals surface area contributed by atoms with Gasteiger partial charge in [-0.15, -0.1) is 0 Å². The van der Waals surface area contributed by atoms with Crippen molar-refractivity contribution in [2.45, 2.75) is 38.3 Å². The monoisotopic (exact) mass is 395 g/mol. The predicted octanol–water partition coefficient (Wildman–Crippen LogP) is 4.01. The minimum absolute atomic E-state index is 0.0426. The van der Waals surface area contributed by atoms with E-state index in [9.17, 15) is 9.18 Å². The molecule has 1 saturated carbocycles. The van der Waals surface area contributed by atoms with E-state index in [2.05, 4.69) is 10.1 Å². The topological polar surface area (TPSA) is 68.5 Å². The van der Waals surface area contributed by atoms with Gasteiger partial charge >= 0.3 is 0 Å². The summed E-state index contributed by atoms with van der Waals surface area (Å²) in [5.41, 5.74) is 1.74. The van der Waals surface area contributed by atoms with E-state index in [1.165, 1.54) is 12.1 Å². The first-order valence-corrected chi connectivity index (χ1v) is 9.63. The van der Waals surface area contributed by atoms with Crippen LogP contribution in [0.25, 0.3) is 11.4 Å². The van der Waals surface area contributed by atoms with Gasteiger partial charge in [0.1, 0.15) is 11.6 Å². The Kier molecular flexibility index (Phi) is 5.55. The molecular formula is C22H22FN3O3. The fraction of sp³-hybridized carbons (Fsp3) is 0.318. The fourth-order valence-electron chi connectivity index (χ4n) is 3.16. The van der Waals surface area contributed by atoms with Crippen LogP contribution in [0.1, 0.15) is 30.7 Å². The van der Waals surface area contributed by atoms with Crippen LogP contribution in [0.2, 0.25) is 0 Å². The molecule has 6 nitrogen and oxygen atoms in total. The molecule has 1 heterocycles. The number of halogens is 1. The fourth-order valence-corrected chi connectivity index (χ4v) is 3.16. The van der Waals surface area contributed by atoms with Crippen LogP contribution in [0.15, 0.2) is 53.1 Å². The summed E-state index contributed by atoms with van der Waals surface area (Å²) in [7, 11) is 1.61. The molecule has 0 spiro atoms. The molecule has 1 aliphatic rings. The molecule has 0 aliphatic heterocycles. The molecule has 0 radical (unpaired) electrons. The minimum Gasteiger partial charge on any atom is -0.497 e. The zero-order chi connectivity index (χ0) is 20.2. The third-order valence-electron chi connectivity index (χ3n) is 4.94. The van der Waals surface area contributed by atoms with Gasteiger partial charge in [0.25, 0.3) is 0 Å². The number of ether oxygens (including phenoxy) is 1. The maximum absolute atomic E-state index is 13.1. The van der Waals surface area contributed by atoms with Gasteiger partial charge in [-0.3, -0.25) is 4.79 Å². The van der Waals surface area contributed by atoms with Gasteiger partial charge in [-0.05, 0) is 54.8 Å². The Hall–Kier alpha value is -3.22. The average molecular weight is 395 g/mol. The third-order valence-corrected chi connectivity index (χ3v) is 4.94. The first-order chi connectivity index (χ1) is 14.1. The van der Waals surface area contributed by atoms with Crippen molar-refractivity contribution in [2.24, 2.45) is 0 Å². The van der Waals surface area contributed by atoms with Gasteiger partial charge in [-0.2, -0.15) is 4.98 Å². The number of carbonyl (C=O) groups is 1. The van der Waals surface area contributed by atoms with E-state index in [1.54, 1.807) is 19.2 Å². The zero-order valence-electron chi connectivity index (χ0n) is 16.2. The third kappa shape index (κ3) is 4.80. The molecule has 1 amide bonds. The van der Waals surface area contributed by atoms with Crippen molar-refractivity contribution in [1.29, 1.82) is 0 Å². The number of benzene rings is 2. The number of rotatable bonds is 8. The van der Waals surface area contributed by atoms with Crippen LogP contribution in [0, 0.1) is 5.82 Å². The van der Waals surface area contributed by atoms with Gasteiger partial charge in [0, 0.05) is 31.0 Å². The van der Waals surface area contributed by atoms with Gasteiger partial charge in [-0.1, -0.05) is 17.3 Å². The second-order valence-electron chi connectivity index (χ2n) is 7.12. The second kappa shape index (κ2) is 8.43. The summed E-state index contributed by atoms with van der Waals surface area (Å²) < 4.78 is 23.6. The SMILES string of the molecule is COc1ccc(-c2noc(CCC(=O)N(Cc3ccc(F)cc3)C3CC3)n2)cc1. The molecule has 0 bridgehead atoms. The van der Waals surface area contributed by atoms with Gasteiger partial charge < -0.3 is 14.2 Å². The first-order valence-electron chi connectivity index (χ1n) is 9.63. The summed E-state index contributed by atoms with van der Waals surface area (Å²) in [5, 5.41) is 4.00. The van der Waals surface area contributed by atoms with Crippen molar-refractivity contribution >= 4 is 5.91 Å². The summed E-state index contributed by atoms with van der Waals surface area (Å²) in [6.45, 7) is 0.491. The molecule has 0 atom stereocenters. The number of hydrogen-bond donors (Lipinski definition) is 0. The second-order valence-corrected chi connectivity index (χ2v) is 7.12. The van der Waals surface area contributed by atoms with Crippen molar-refractivity contribution in [3.8, 4) is 17.1 Å². The Balaban J connectivity index is 1.36. The Labute approximate surface area is 168 Å². The average Bonchev–Trinajstić information content (AvgIpc) is 3.48. The molecule has 3 aromatic rings. The number of methoxy groups -OCH3 is 1. The van der Waals surface area contributed by atoms with E-state index in [1.807, 2.05) is 29.2 Å². The Morgan fingerprint density at radius 1 is 1.17 bits per heavy atom. The molecule has 1 aromatic heterocycles. The molecule has 0 saturated heterocycles. The number of carbonyl (C=O) groups excluding carboxylic acids is 1. The standard InChI is InChI=1S/C22H22FN3O3/c1-28-19-10-4-16(5-11-19)22-24-20(29-25-22)12-13-21(27)26(18-8-9-18)14-15-2-6-17(23)7-3-15/h2-7,10-11,18H,8-9,12-14H2,1H3. The number of hydrogen-bond acceptors (Lipinski definition) is 5. The number of aryl methyl sites for hydroxylation is 1. The highest BCUT2D eigenvalue weighted by atomic mass is 19.1. The maximum Gasteiger partial charge on any atom is 0.227 e. The van der Waals surface area contributed by atoms with Crippen molar-refractivity contribution < 1.29 is 18.4 Å². The van der Waals surface area contributed by atoms with Crippen LogP contribution in [0.3, 0.4) is 0 Å². The van der Waals surface area contributed by atoms with Crippen molar-refractivity contribution in [1.82, 2.24) is 15.0 Å². The highest BCUT2D eigenvalue weighted by molar-refractivity contribution is 5.77. The van der Waals surface area contributed by atoms with Crippen LogP contribution in [-0.2, 0) is 17.8 Å². The van der Waals surface area contributed by atoms with E-state index in [0.29, 0.717) is 31.1 Å². The molecule has 150 valence electrons. The molecule has 0 unspecified atom stereocenters. The molecule has 7 heteroatoms. The molecule has 2 aromatic carbocycles. The molecule has 4 rings (SSSR count). The highest BCUT2D eigenvalue weighted by Crippen LogP contribution is 2.29.